The molecule has 0 aliphatic heterocycles. The van der Waals surface area contributed by atoms with E-state index < -0.39 is 5.97 Å². The number of carbonyl (C=O) groups is 2. The molecule has 0 aliphatic carbocycles. The lowest BCUT2D eigenvalue weighted by atomic mass is 10.2. The molecule has 1 aromatic carbocycles. The standard InChI is InChI=1S/C12H16N2O3/c1-13-8-7-11(15)14-10-5-3-9(4-6-10)12(16)17-2/h3-6,13H,7-8H2,1-2H3,(H,14,15). The van der Waals surface area contributed by atoms with E-state index in [0.29, 0.717) is 24.2 Å². The van der Waals surface area contributed by atoms with Gasteiger partial charge in [-0.3, -0.25) is 4.79 Å². The Kier molecular flexibility index (Phi) is 5.16. The number of hydrogen-bond acceptors (Lipinski definition) is 4. The topological polar surface area (TPSA) is 67.4 Å². The van der Waals surface area contributed by atoms with Crippen molar-refractivity contribution in [3.05, 3.63) is 29.8 Å². The number of methoxy groups -OCH3 is 1. The molecule has 5 nitrogen and oxygen atoms in total. The number of esters is 1. The van der Waals surface area contributed by atoms with Gasteiger partial charge >= 0.3 is 5.97 Å². The van der Waals surface area contributed by atoms with Crippen LogP contribution in [-0.2, 0) is 9.53 Å². The lowest BCUT2D eigenvalue weighted by molar-refractivity contribution is -0.116. The molecule has 1 amide bonds. The van der Waals surface area contributed by atoms with Crippen molar-refractivity contribution in [2.75, 3.05) is 26.0 Å². The molecule has 0 atom stereocenters. The van der Waals surface area contributed by atoms with Gasteiger partial charge in [-0.15, -0.1) is 0 Å². The summed E-state index contributed by atoms with van der Waals surface area (Å²) in [6.07, 6.45) is 0.412. The summed E-state index contributed by atoms with van der Waals surface area (Å²) < 4.78 is 4.58. The van der Waals surface area contributed by atoms with Gasteiger partial charge in [0.2, 0.25) is 5.91 Å². The van der Waals surface area contributed by atoms with Crippen molar-refractivity contribution in [1.29, 1.82) is 0 Å². The number of hydrogen-bond donors (Lipinski definition) is 2. The molecule has 0 saturated carbocycles. The third-order valence-electron chi connectivity index (χ3n) is 2.19. The van der Waals surface area contributed by atoms with Gasteiger partial charge in [-0.05, 0) is 31.3 Å². The van der Waals surface area contributed by atoms with Crippen molar-refractivity contribution in [2.24, 2.45) is 0 Å². The van der Waals surface area contributed by atoms with Gasteiger partial charge in [0.05, 0.1) is 12.7 Å². The SMILES string of the molecule is CNCCC(=O)Nc1ccc(C(=O)OC)cc1. The van der Waals surface area contributed by atoms with E-state index in [0.717, 1.165) is 0 Å². The molecule has 1 aromatic rings. The van der Waals surface area contributed by atoms with Gasteiger partial charge in [0.15, 0.2) is 0 Å². The Hall–Kier alpha value is -1.88. The average Bonchev–Trinajstić information content (AvgIpc) is 2.36. The van der Waals surface area contributed by atoms with E-state index >= 15 is 0 Å². The third-order valence-corrected chi connectivity index (χ3v) is 2.19. The number of amides is 1. The first-order valence-electron chi connectivity index (χ1n) is 5.30. The van der Waals surface area contributed by atoms with E-state index in [4.69, 9.17) is 0 Å². The fraction of sp³-hybridized carbons (Fsp3) is 0.333. The Morgan fingerprint density at radius 1 is 1.24 bits per heavy atom. The number of carbonyl (C=O) groups excluding carboxylic acids is 2. The van der Waals surface area contributed by atoms with Gasteiger partial charge in [0.25, 0.3) is 0 Å². The summed E-state index contributed by atoms with van der Waals surface area (Å²) in [5.74, 6) is -0.455. The maximum atomic E-state index is 11.4. The second-order valence-electron chi connectivity index (χ2n) is 3.47. The van der Waals surface area contributed by atoms with E-state index in [-0.39, 0.29) is 5.91 Å². The van der Waals surface area contributed by atoms with Crippen LogP contribution in [0.1, 0.15) is 16.8 Å². The van der Waals surface area contributed by atoms with E-state index in [1.54, 1.807) is 31.3 Å². The molecular weight excluding hydrogens is 220 g/mol. The second-order valence-corrected chi connectivity index (χ2v) is 3.47. The van der Waals surface area contributed by atoms with Crippen LogP contribution in [0.5, 0.6) is 0 Å². The highest BCUT2D eigenvalue weighted by molar-refractivity contribution is 5.93. The van der Waals surface area contributed by atoms with Crippen molar-refractivity contribution in [1.82, 2.24) is 5.32 Å². The second kappa shape index (κ2) is 6.65. The van der Waals surface area contributed by atoms with Crippen LogP contribution >= 0.6 is 0 Å². The molecule has 0 fully saturated rings. The lowest BCUT2D eigenvalue weighted by Gasteiger charge is -2.05. The minimum atomic E-state index is -0.391. The van der Waals surface area contributed by atoms with Crippen LogP contribution in [0.4, 0.5) is 5.69 Å². The summed E-state index contributed by atoms with van der Waals surface area (Å²) in [6, 6.07) is 6.56. The number of rotatable bonds is 5. The smallest absolute Gasteiger partial charge is 0.337 e. The summed E-state index contributed by atoms with van der Waals surface area (Å²) in [6.45, 7) is 0.631. The summed E-state index contributed by atoms with van der Waals surface area (Å²) >= 11 is 0. The third kappa shape index (κ3) is 4.24. The fourth-order valence-electron chi connectivity index (χ4n) is 1.27. The molecule has 0 aliphatic rings. The Labute approximate surface area is 100 Å². The first kappa shape index (κ1) is 13.2. The van der Waals surface area contributed by atoms with E-state index in [9.17, 15) is 9.59 Å². The summed E-state index contributed by atoms with van der Waals surface area (Å²) in [7, 11) is 3.12. The van der Waals surface area contributed by atoms with E-state index in [2.05, 4.69) is 15.4 Å². The number of anilines is 1. The maximum absolute atomic E-state index is 11.4. The quantitative estimate of drug-likeness (QED) is 0.749. The Balaban J connectivity index is 2.56. The van der Waals surface area contributed by atoms with Crippen molar-refractivity contribution in [3.63, 3.8) is 0 Å². The molecule has 92 valence electrons. The monoisotopic (exact) mass is 236 g/mol. The summed E-state index contributed by atoms with van der Waals surface area (Å²) in [5.41, 5.74) is 1.12. The molecule has 0 spiro atoms. The molecule has 0 saturated heterocycles. The number of benzene rings is 1. The van der Waals surface area contributed by atoms with Crippen LogP contribution in [0.15, 0.2) is 24.3 Å². The van der Waals surface area contributed by atoms with Crippen LogP contribution in [0, 0.1) is 0 Å². The van der Waals surface area contributed by atoms with Gasteiger partial charge in [0.1, 0.15) is 0 Å². The normalized spacial score (nSPS) is 9.76. The van der Waals surface area contributed by atoms with Crippen LogP contribution in [0.2, 0.25) is 0 Å². The predicted octanol–water partition coefficient (Wildman–Crippen LogP) is 1.02. The highest BCUT2D eigenvalue weighted by Crippen LogP contribution is 2.10. The van der Waals surface area contributed by atoms with Gasteiger partial charge in [-0.2, -0.15) is 0 Å². The maximum Gasteiger partial charge on any atom is 0.337 e. The zero-order valence-electron chi connectivity index (χ0n) is 9.95. The Morgan fingerprint density at radius 2 is 1.88 bits per heavy atom. The highest BCUT2D eigenvalue weighted by atomic mass is 16.5. The van der Waals surface area contributed by atoms with Crippen molar-refractivity contribution in [2.45, 2.75) is 6.42 Å². The Bertz CT molecular complexity index is 387. The molecule has 5 heteroatoms. The molecule has 0 unspecified atom stereocenters. The van der Waals surface area contributed by atoms with Gasteiger partial charge in [0, 0.05) is 18.7 Å². The molecular formula is C12H16N2O3. The largest absolute Gasteiger partial charge is 0.465 e. The van der Waals surface area contributed by atoms with Crippen LogP contribution in [0.25, 0.3) is 0 Å². The lowest BCUT2D eigenvalue weighted by Crippen LogP contribution is -2.18. The first-order valence-corrected chi connectivity index (χ1v) is 5.30. The van der Waals surface area contributed by atoms with Crippen molar-refractivity contribution < 1.29 is 14.3 Å². The van der Waals surface area contributed by atoms with Crippen molar-refractivity contribution in [3.8, 4) is 0 Å². The van der Waals surface area contributed by atoms with Gasteiger partial charge in [-0.25, -0.2) is 4.79 Å². The van der Waals surface area contributed by atoms with Crippen LogP contribution in [-0.4, -0.2) is 32.6 Å². The zero-order valence-corrected chi connectivity index (χ0v) is 9.95. The first-order chi connectivity index (χ1) is 8.17. The van der Waals surface area contributed by atoms with Gasteiger partial charge in [-0.1, -0.05) is 0 Å². The zero-order chi connectivity index (χ0) is 12.7. The Morgan fingerprint density at radius 3 is 2.41 bits per heavy atom. The molecule has 0 aromatic heterocycles. The average molecular weight is 236 g/mol. The van der Waals surface area contributed by atoms with Crippen LogP contribution in [0.3, 0.4) is 0 Å². The molecule has 0 bridgehead atoms. The highest BCUT2D eigenvalue weighted by Gasteiger charge is 2.05. The molecule has 2 N–H and O–H groups in total. The fourth-order valence-corrected chi connectivity index (χ4v) is 1.27. The molecule has 0 heterocycles. The van der Waals surface area contributed by atoms with E-state index in [1.165, 1.54) is 7.11 Å². The number of ether oxygens (including phenoxy) is 1. The summed E-state index contributed by atoms with van der Waals surface area (Å²) in [5, 5.41) is 5.62. The number of nitrogens with one attached hydrogen (secondary N) is 2. The van der Waals surface area contributed by atoms with Crippen molar-refractivity contribution >= 4 is 17.6 Å². The van der Waals surface area contributed by atoms with Gasteiger partial charge < -0.3 is 15.4 Å². The molecule has 17 heavy (non-hydrogen) atoms. The minimum absolute atomic E-state index is 0.0647. The minimum Gasteiger partial charge on any atom is -0.465 e. The summed E-state index contributed by atoms with van der Waals surface area (Å²) in [4.78, 5) is 22.6. The predicted molar refractivity (Wildman–Crippen MR) is 65.0 cm³/mol. The van der Waals surface area contributed by atoms with Crippen LogP contribution < -0.4 is 10.6 Å². The molecule has 0 radical (unpaired) electrons. The molecule has 1 rings (SSSR count). The van der Waals surface area contributed by atoms with E-state index in [1.807, 2.05) is 0 Å².